The minimum Gasteiger partial charge on any atom is -0.377 e. The van der Waals surface area contributed by atoms with E-state index in [1.54, 1.807) is 21.2 Å². The number of carbonyl (C=O) groups is 1. The van der Waals surface area contributed by atoms with Crippen LogP contribution in [0.2, 0.25) is 0 Å². The van der Waals surface area contributed by atoms with Crippen LogP contribution in [0.3, 0.4) is 0 Å². The maximum Gasteiger partial charge on any atom is 0.221 e. The first-order valence-corrected chi connectivity index (χ1v) is 6.07. The van der Waals surface area contributed by atoms with Gasteiger partial charge in [-0.2, -0.15) is 0 Å². The van der Waals surface area contributed by atoms with Crippen LogP contribution in [0.4, 0.5) is 11.6 Å². The van der Waals surface area contributed by atoms with Gasteiger partial charge in [-0.1, -0.05) is 0 Å². The van der Waals surface area contributed by atoms with E-state index >= 15 is 0 Å². The van der Waals surface area contributed by atoms with Gasteiger partial charge in [-0.25, -0.2) is 9.97 Å². The number of methoxy groups -OCH3 is 1. The van der Waals surface area contributed by atoms with Crippen LogP contribution in [0.15, 0.2) is 6.07 Å². The molecule has 7 nitrogen and oxygen atoms in total. The highest BCUT2D eigenvalue weighted by molar-refractivity contribution is 5.76. The second-order valence-electron chi connectivity index (χ2n) is 4.06. The molecule has 0 aliphatic carbocycles. The number of nitrogens with zero attached hydrogens (tertiary/aromatic N) is 3. The molecule has 0 saturated carbocycles. The van der Waals surface area contributed by atoms with Crippen molar-refractivity contribution in [2.75, 3.05) is 45.0 Å². The summed E-state index contributed by atoms with van der Waals surface area (Å²) in [6.07, 6.45) is 0.422. The van der Waals surface area contributed by atoms with Crippen molar-refractivity contribution in [3.63, 3.8) is 0 Å². The van der Waals surface area contributed by atoms with Gasteiger partial charge < -0.3 is 20.3 Å². The molecule has 1 rings (SSSR count). The zero-order valence-electron chi connectivity index (χ0n) is 11.9. The Balaban J connectivity index is 2.79. The van der Waals surface area contributed by atoms with Gasteiger partial charge in [-0.3, -0.25) is 4.79 Å². The number of aromatic nitrogens is 2. The molecule has 106 valence electrons. The van der Waals surface area contributed by atoms with E-state index in [1.807, 2.05) is 18.0 Å². The Hall–Kier alpha value is -1.89. The summed E-state index contributed by atoms with van der Waals surface area (Å²) >= 11 is 0. The monoisotopic (exact) mass is 267 g/mol. The van der Waals surface area contributed by atoms with Crippen LogP contribution >= 0.6 is 0 Å². The van der Waals surface area contributed by atoms with E-state index in [2.05, 4.69) is 20.6 Å². The Bertz CT molecular complexity index is 425. The van der Waals surface area contributed by atoms with Gasteiger partial charge in [-0.15, -0.1) is 0 Å². The van der Waals surface area contributed by atoms with Gasteiger partial charge in [0.25, 0.3) is 0 Å². The average molecular weight is 267 g/mol. The molecule has 0 unspecified atom stereocenters. The van der Waals surface area contributed by atoms with Crippen molar-refractivity contribution in [1.82, 2.24) is 15.3 Å². The normalized spacial score (nSPS) is 10.1. The minimum atomic E-state index is 0.00635. The summed E-state index contributed by atoms with van der Waals surface area (Å²) in [5.41, 5.74) is 0. The van der Waals surface area contributed by atoms with Gasteiger partial charge in [-0.05, 0) is 0 Å². The Kier molecular flexibility index (Phi) is 6.01. The largest absolute Gasteiger partial charge is 0.377 e. The van der Waals surface area contributed by atoms with Crippen molar-refractivity contribution < 1.29 is 9.53 Å². The first kappa shape index (κ1) is 15.2. The highest BCUT2D eigenvalue weighted by Crippen LogP contribution is 2.15. The molecule has 2 N–H and O–H groups in total. The summed E-state index contributed by atoms with van der Waals surface area (Å²) in [6.45, 7) is 0.943. The van der Waals surface area contributed by atoms with Gasteiger partial charge in [0.15, 0.2) is 5.82 Å². The van der Waals surface area contributed by atoms with Crippen molar-refractivity contribution >= 4 is 17.5 Å². The Morgan fingerprint density at radius 2 is 2.16 bits per heavy atom. The molecule has 0 radical (unpaired) electrons. The van der Waals surface area contributed by atoms with Crippen LogP contribution in [0.1, 0.15) is 12.2 Å². The number of nitrogens with one attached hydrogen (secondary N) is 2. The summed E-state index contributed by atoms with van der Waals surface area (Å²) < 4.78 is 5.04. The smallest absolute Gasteiger partial charge is 0.221 e. The second-order valence-corrected chi connectivity index (χ2v) is 4.06. The van der Waals surface area contributed by atoms with Crippen molar-refractivity contribution in [3.8, 4) is 0 Å². The van der Waals surface area contributed by atoms with Gasteiger partial charge in [0.1, 0.15) is 18.2 Å². The lowest BCUT2D eigenvalue weighted by Crippen LogP contribution is -2.27. The number of hydrogen-bond acceptors (Lipinski definition) is 6. The molecular formula is C12H21N5O2. The summed E-state index contributed by atoms with van der Waals surface area (Å²) in [4.78, 5) is 21.8. The van der Waals surface area contributed by atoms with E-state index in [0.717, 1.165) is 11.6 Å². The third-order valence-electron chi connectivity index (χ3n) is 2.63. The molecule has 0 atom stereocenters. The summed E-state index contributed by atoms with van der Waals surface area (Å²) in [7, 11) is 6.92. The standard InChI is InChI=1S/C12H21N5O2/c1-13-9-7-11(16-10(15-9)8-19-4)17(3)6-5-12(18)14-2/h7H,5-6,8H2,1-4H3,(H,14,18)(H,13,15,16). The molecule has 0 bridgehead atoms. The Morgan fingerprint density at radius 1 is 1.42 bits per heavy atom. The number of carbonyl (C=O) groups excluding carboxylic acids is 1. The molecule has 7 heteroatoms. The third kappa shape index (κ3) is 4.70. The Morgan fingerprint density at radius 3 is 2.74 bits per heavy atom. The zero-order chi connectivity index (χ0) is 14.3. The highest BCUT2D eigenvalue weighted by atomic mass is 16.5. The van der Waals surface area contributed by atoms with Crippen molar-refractivity contribution in [2.24, 2.45) is 0 Å². The molecule has 0 spiro atoms. The first-order chi connectivity index (χ1) is 9.10. The molecule has 1 heterocycles. The molecule has 0 aliphatic heterocycles. The lowest BCUT2D eigenvalue weighted by Gasteiger charge is -2.19. The van der Waals surface area contributed by atoms with Crippen LogP contribution < -0.4 is 15.5 Å². The maximum absolute atomic E-state index is 11.2. The van der Waals surface area contributed by atoms with E-state index in [0.29, 0.717) is 25.4 Å². The Labute approximate surface area is 113 Å². The lowest BCUT2D eigenvalue weighted by atomic mass is 10.3. The zero-order valence-corrected chi connectivity index (χ0v) is 11.9. The van der Waals surface area contributed by atoms with E-state index < -0.39 is 0 Å². The van der Waals surface area contributed by atoms with Gasteiger partial charge in [0, 0.05) is 47.3 Å². The van der Waals surface area contributed by atoms with Gasteiger partial charge in [0.05, 0.1) is 0 Å². The SMILES string of the molecule is CNC(=O)CCN(C)c1cc(NC)nc(COC)n1. The van der Waals surface area contributed by atoms with Gasteiger partial charge >= 0.3 is 0 Å². The summed E-state index contributed by atoms with van der Waals surface area (Å²) in [6, 6.07) is 1.84. The predicted octanol–water partition coefficient (Wildman–Crippen LogP) is 0.237. The van der Waals surface area contributed by atoms with Crippen LogP contribution in [-0.4, -0.2) is 50.7 Å². The molecule has 19 heavy (non-hydrogen) atoms. The molecule has 0 fully saturated rings. The molecule has 1 amide bonds. The molecular weight excluding hydrogens is 246 g/mol. The summed E-state index contributed by atoms with van der Waals surface area (Å²) in [5, 5.41) is 5.58. The van der Waals surface area contributed by atoms with Crippen LogP contribution in [0, 0.1) is 0 Å². The van der Waals surface area contributed by atoms with E-state index in [9.17, 15) is 4.79 Å². The van der Waals surface area contributed by atoms with E-state index in [1.165, 1.54) is 0 Å². The van der Waals surface area contributed by atoms with Crippen molar-refractivity contribution in [3.05, 3.63) is 11.9 Å². The molecule has 0 aliphatic rings. The maximum atomic E-state index is 11.2. The fourth-order valence-electron chi connectivity index (χ4n) is 1.51. The van der Waals surface area contributed by atoms with Crippen LogP contribution in [-0.2, 0) is 16.1 Å². The number of amides is 1. The minimum absolute atomic E-state index is 0.00635. The quantitative estimate of drug-likeness (QED) is 0.736. The third-order valence-corrected chi connectivity index (χ3v) is 2.63. The second kappa shape index (κ2) is 7.52. The average Bonchev–Trinajstić information content (AvgIpc) is 2.44. The lowest BCUT2D eigenvalue weighted by molar-refractivity contribution is -0.120. The van der Waals surface area contributed by atoms with E-state index in [-0.39, 0.29) is 5.91 Å². The van der Waals surface area contributed by atoms with Crippen LogP contribution in [0.25, 0.3) is 0 Å². The number of anilines is 2. The summed E-state index contributed by atoms with van der Waals surface area (Å²) in [5.74, 6) is 2.10. The molecule has 0 saturated heterocycles. The van der Waals surface area contributed by atoms with Crippen molar-refractivity contribution in [2.45, 2.75) is 13.0 Å². The highest BCUT2D eigenvalue weighted by Gasteiger charge is 2.09. The van der Waals surface area contributed by atoms with E-state index in [4.69, 9.17) is 4.74 Å². The number of hydrogen-bond donors (Lipinski definition) is 2. The predicted molar refractivity (Wildman–Crippen MR) is 74.2 cm³/mol. The fraction of sp³-hybridized carbons (Fsp3) is 0.583. The first-order valence-electron chi connectivity index (χ1n) is 6.07. The topological polar surface area (TPSA) is 79.4 Å². The molecule has 1 aromatic rings. The van der Waals surface area contributed by atoms with Gasteiger partial charge in [0.2, 0.25) is 5.91 Å². The fourth-order valence-corrected chi connectivity index (χ4v) is 1.51. The van der Waals surface area contributed by atoms with Crippen LogP contribution in [0.5, 0.6) is 0 Å². The van der Waals surface area contributed by atoms with Crippen molar-refractivity contribution in [1.29, 1.82) is 0 Å². The number of rotatable bonds is 7. The molecule has 1 aromatic heterocycles. The molecule has 0 aromatic carbocycles. The number of ether oxygens (including phenoxy) is 1.